The average Bonchev–Trinajstić information content (AvgIpc) is 3.24. The lowest BCUT2D eigenvalue weighted by Crippen LogP contribution is -2.50. The molecule has 152 valence electrons. The summed E-state index contributed by atoms with van der Waals surface area (Å²) in [5, 5.41) is 4.43. The lowest BCUT2D eigenvalue weighted by atomic mass is 9.74. The van der Waals surface area contributed by atoms with Crippen LogP contribution in [0.5, 0.6) is 0 Å². The number of aromatic nitrogens is 1. The van der Waals surface area contributed by atoms with E-state index in [1.807, 2.05) is 24.3 Å². The van der Waals surface area contributed by atoms with E-state index in [-0.39, 0.29) is 12.5 Å². The van der Waals surface area contributed by atoms with Crippen molar-refractivity contribution in [3.8, 4) is 0 Å². The van der Waals surface area contributed by atoms with Gasteiger partial charge in [-0.25, -0.2) is 0 Å². The Kier molecular flexibility index (Phi) is 4.74. The number of rotatable bonds is 5. The van der Waals surface area contributed by atoms with Gasteiger partial charge in [0.1, 0.15) is 0 Å². The van der Waals surface area contributed by atoms with Gasteiger partial charge in [0.15, 0.2) is 11.5 Å². The Hall–Kier alpha value is -3.00. The summed E-state index contributed by atoms with van der Waals surface area (Å²) in [4.78, 5) is 41.9. The fraction of sp³-hybridized carbons (Fsp3) is 0.429. The van der Waals surface area contributed by atoms with Gasteiger partial charge in [0.05, 0.1) is 24.4 Å². The standard InChI is InChI=1S/C21H23N3O5/c1-3-21(20(22)27)13(16(18(25)28-2)19(26)29-21)9-15-17-12(10-23-15)8-11-6-4-5-7-14(11)24-17/h4-8,13,15-16,23H,3,9-10H2,1-2H3,(H2,22,27). The quantitative estimate of drug-likeness (QED) is 0.577. The molecule has 0 radical (unpaired) electrons. The number of ether oxygens (including phenoxy) is 2. The minimum absolute atomic E-state index is 0.178. The molecule has 8 nitrogen and oxygen atoms in total. The number of esters is 2. The van der Waals surface area contributed by atoms with Crippen molar-refractivity contribution in [3.05, 3.63) is 41.6 Å². The van der Waals surface area contributed by atoms with Crippen LogP contribution in [0.2, 0.25) is 0 Å². The van der Waals surface area contributed by atoms with E-state index in [0.29, 0.717) is 13.0 Å². The molecule has 1 fully saturated rings. The number of nitrogens with two attached hydrogens (primary N) is 1. The van der Waals surface area contributed by atoms with Crippen LogP contribution in [0.15, 0.2) is 30.3 Å². The first-order valence-corrected chi connectivity index (χ1v) is 9.63. The molecule has 3 N–H and O–H groups in total. The number of para-hydroxylation sites is 1. The fourth-order valence-corrected chi connectivity index (χ4v) is 4.60. The minimum Gasteiger partial charge on any atom is -0.468 e. The monoisotopic (exact) mass is 397 g/mol. The number of hydrogen-bond donors (Lipinski definition) is 2. The molecule has 1 aromatic carbocycles. The van der Waals surface area contributed by atoms with E-state index in [1.165, 1.54) is 7.11 Å². The number of carbonyl (C=O) groups excluding carboxylic acids is 3. The first kappa shape index (κ1) is 19.3. The number of methoxy groups -OCH3 is 1. The van der Waals surface area contributed by atoms with Gasteiger partial charge in [0, 0.05) is 17.8 Å². The van der Waals surface area contributed by atoms with Crippen molar-refractivity contribution in [1.29, 1.82) is 0 Å². The van der Waals surface area contributed by atoms with E-state index in [1.54, 1.807) is 6.92 Å². The maximum absolute atomic E-state index is 12.5. The van der Waals surface area contributed by atoms with Gasteiger partial charge in [-0.15, -0.1) is 0 Å². The van der Waals surface area contributed by atoms with Gasteiger partial charge < -0.3 is 20.5 Å². The van der Waals surface area contributed by atoms with E-state index < -0.39 is 35.3 Å². The van der Waals surface area contributed by atoms with Crippen molar-refractivity contribution < 1.29 is 23.9 Å². The molecule has 0 aliphatic carbocycles. The molecule has 1 saturated heterocycles. The van der Waals surface area contributed by atoms with Crippen LogP contribution in [0, 0.1) is 11.8 Å². The molecule has 2 aliphatic rings. The van der Waals surface area contributed by atoms with Crippen molar-refractivity contribution >= 4 is 28.7 Å². The van der Waals surface area contributed by atoms with Gasteiger partial charge in [0.2, 0.25) is 0 Å². The van der Waals surface area contributed by atoms with Crippen LogP contribution in [0.1, 0.15) is 37.1 Å². The number of pyridine rings is 1. The predicted molar refractivity (Wildman–Crippen MR) is 103 cm³/mol. The summed E-state index contributed by atoms with van der Waals surface area (Å²) in [5.41, 5.74) is 6.85. The maximum atomic E-state index is 12.5. The Bertz CT molecular complexity index is 1010. The first-order chi connectivity index (χ1) is 13.9. The molecule has 2 aromatic rings. The average molecular weight is 397 g/mol. The number of nitrogens with one attached hydrogen (secondary N) is 1. The van der Waals surface area contributed by atoms with Gasteiger partial charge >= 0.3 is 11.9 Å². The molecule has 8 heteroatoms. The molecule has 0 bridgehead atoms. The number of hydrogen-bond acceptors (Lipinski definition) is 7. The van der Waals surface area contributed by atoms with E-state index in [0.717, 1.165) is 22.2 Å². The van der Waals surface area contributed by atoms with Crippen LogP contribution in [-0.2, 0) is 30.4 Å². The second kappa shape index (κ2) is 7.11. The lowest BCUT2D eigenvalue weighted by Gasteiger charge is -2.31. The molecular formula is C21H23N3O5. The van der Waals surface area contributed by atoms with Crippen LogP contribution in [0.4, 0.5) is 0 Å². The lowest BCUT2D eigenvalue weighted by molar-refractivity contribution is -0.162. The third kappa shape index (κ3) is 2.95. The number of primary amides is 1. The highest BCUT2D eigenvalue weighted by Crippen LogP contribution is 2.46. The third-order valence-electron chi connectivity index (χ3n) is 6.13. The molecule has 1 aromatic heterocycles. The zero-order valence-corrected chi connectivity index (χ0v) is 16.3. The zero-order valence-electron chi connectivity index (χ0n) is 16.3. The molecule has 3 heterocycles. The summed E-state index contributed by atoms with van der Waals surface area (Å²) in [7, 11) is 1.21. The van der Waals surface area contributed by atoms with Crippen molar-refractivity contribution in [2.75, 3.05) is 7.11 Å². The molecular weight excluding hydrogens is 374 g/mol. The van der Waals surface area contributed by atoms with Crippen LogP contribution < -0.4 is 11.1 Å². The Labute approximate surface area is 167 Å². The summed E-state index contributed by atoms with van der Waals surface area (Å²) < 4.78 is 10.2. The highest BCUT2D eigenvalue weighted by atomic mass is 16.6. The fourth-order valence-electron chi connectivity index (χ4n) is 4.60. The largest absolute Gasteiger partial charge is 0.468 e. The van der Waals surface area contributed by atoms with E-state index in [9.17, 15) is 14.4 Å². The number of nitrogens with zero attached hydrogens (tertiary/aromatic N) is 1. The van der Waals surface area contributed by atoms with E-state index in [2.05, 4.69) is 11.4 Å². The summed E-state index contributed by atoms with van der Waals surface area (Å²) in [6.45, 7) is 2.32. The number of carbonyl (C=O) groups is 3. The van der Waals surface area contributed by atoms with E-state index >= 15 is 0 Å². The molecule has 0 saturated carbocycles. The Balaban J connectivity index is 1.73. The summed E-state index contributed by atoms with van der Waals surface area (Å²) in [6.07, 6.45) is 0.470. The topological polar surface area (TPSA) is 121 Å². The van der Waals surface area contributed by atoms with Gasteiger partial charge in [-0.2, -0.15) is 0 Å². The number of cyclic esters (lactones) is 1. The molecule has 29 heavy (non-hydrogen) atoms. The van der Waals surface area contributed by atoms with Crippen LogP contribution in [0.3, 0.4) is 0 Å². The SMILES string of the molecule is CCC1(C(N)=O)OC(=O)C(C(=O)OC)C1CC1NCc2cc3ccccc3nc21. The van der Waals surface area contributed by atoms with Gasteiger partial charge in [0.25, 0.3) is 5.91 Å². The second-order valence-electron chi connectivity index (χ2n) is 7.53. The van der Waals surface area contributed by atoms with Gasteiger partial charge in [-0.05, 0) is 30.5 Å². The Morgan fingerprint density at radius 1 is 1.38 bits per heavy atom. The molecule has 4 unspecified atom stereocenters. The Morgan fingerprint density at radius 2 is 2.14 bits per heavy atom. The molecule has 4 atom stereocenters. The Morgan fingerprint density at radius 3 is 2.83 bits per heavy atom. The first-order valence-electron chi connectivity index (χ1n) is 9.63. The highest BCUT2D eigenvalue weighted by Gasteiger charge is 2.61. The second-order valence-corrected chi connectivity index (χ2v) is 7.53. The summed E-state index contributed by atoms with van der Waals surface area (Å²) >= 11 is 0. The number of benzene rings is 1. The smallest absolute Gasteiger partial charge is 0.321 e. The van der Waals surface area contributed by atoms with Crippen LogP contribution >= 0.6 is 0 Å². The van der Waals surface area contributed by atoms with E-state index in [4.69, 9.17) is 20.2 Å². The maximum Gasteiger partial charge on any atom is 0.321 e. The van der Waals surface area contributed by atoms with Gasteiger partial charge in [-0.1, -0.05) is 25.1 Å². The molecule has 1 amide bonds. The molecule has 4 rings (SSSR count). The van der Waals surface area contributed by atoms with Crippen LogP contribution in [-0.4, -0.2) is 35.5 Å². The number of fused-ring (bicyclic) bond motifs is 2. The van der Waals surface area contributed by atoms with Crippen molar-refractivity contribution in [2.45, 2.75) is 38.0 Å². The van der Waals surface area contributed by atoms with Crippen molar-refractivity contribution in [2.24, 2.45) is 17.6 Å². The van der Waals surface area contributed by atoms with Crippen molar-refractivity contribution in [3.63, 3.8) is 0 Å². The van der Waals surface area contributed by atoms with Crippen molar-refractivity contribution in [1.82, 2.24) is 10.3 Å². The molecule has 2 aliphatic heterocycles. The zero-order chi connectivity index (χ0) is 20.8. The molecule has 0 spiro atoms. The predicted octanol–water partition coefficient (Wildman–Crippen LogP) is 1.37. The van der Waals surface area contributed by atoms with Gasteiger partial charge in [-0.3, -0.25) is 19.4 Å². The third-order valence-corrected chi connectivity index (χ3v) is 6.13. The minimum atomic E-state index is -1.54. The highest BCUT2D eigenvalue weighted by molar-refractivity contribution is 6.01. The normalized spacial score (nSPS) is 28.2. The number of amides is 1. The summed E-state index contributed by atoms with van der Waals surface area (Å²) in [5.74, 6) is -4.19. The summed E-state index contributed by atoms with van der Waals surface area (Å²) in [6, 6.07) is 9.66. The van der Waals surface area contributed by atoms with Crippen LogP contribution in [0.25, 0.3) is 10.9 Å².